The monoisotopic (exact) mass is 406 g/mol. The number of para-hydroxylation sites is 2. The van der Waals surface area contributed by atoms with E-state index in [-0.39, 0.29) is 0 Å². The van der Waals surface area contributed by atoms with Crippen LogP contribution in [0.4, 0.5) is 0 Å². The summed E-state index contributed by atoms with van der Waals surface area (Å²) in [5, 5.41) is 12.7. The summed E-state index contributed by atoms with van der Waals surface area (Å²) in [6.45, 7) is 0. The number of hydrogen-bond acceptors (Lipinski definition) is 6. The molecule has 0 amide bonds. The molecule has 24 heavy (non-hydrogen) atoms. The van der Waals surface area contributed by atoms with Crippen LogP contribution in [0.5, 0.6) is 11.5 Å². The molecule has 0 radical (unpaired) electrons. The number of methoxy groups -OCH3 is 2. The maximum absolute atomic E-state index is 5.38. The van der Waals surface area contributed by atoms with Crippen molar-refractivity contribution in [3.8, 4) is 17.2 Å². The van der Waals surface area contributed by atoms with Gasteiger partial charge in [-0.1, -0.05) is 30.0 Å². The first-order valence-corrected chi connectivity index (χ1v) is 8.87. The van der Waals surface area contributed by atoms with E-state index in [0.29, 0.717) is 5.16 Å². The predicted octanol–water partition coefficient (Wildman–Crippen LogP) is 3.73. The van der Waals surface area contributed by atoms with Gasteiger partial charge in [-0.25, -0.2) is 0 Å². The van der Waals surface area contributed by atoms with Crippen LogP contribution in [-0.2, 0) is 5.75 Å². The fourth-order valence-corrected chi connectivity index (χ4v) is 3.59. The molecular formula is C16H15BrN4O2S. The first-order chi connectivity index (χ1) is 11.7. The van der Waals surface area contributed by atoms with Gasteiger partial charge < -0.3 is 9.47 Å². The quantitative estimate of drug-likeness (QED) is 0.581. The minimum Gasteiger partial charge on any atom is -0.496 e. The number of aromatic nitrogens is 4. The summed E-state index contributed by atoms with van der Waals surface area (Å²) in [6, 6.07) is 13.6. The summed E-state index contributed by atoms with van der Waals surface area (Å²) in [4.78, 5) is 0. The second-order valence-corrected chi connectivity index (χ2v) is 6.60. The van der Waals surface area contributed by atoms with Gasteiger partial charge in [-0.3, -0.25) is 0 Å². The Morgan fingerprint density at radius 2 is 1.88 bits per heavy atom. The van der Waals surface area contributed by atoms with Gasteiger partial charge in [-0.05, 0) is 56.2 Å². The molecule has 3 rings (SSSR count). The van der Waals surface area contributed by atoms with Crippen LogP contribution in [0.1, 0.15) is 5.56 Å². The maximum Gasteiger partial charge on any atom is 0.214 e. The molecule has 124 valence electrons. The maximum atomic E-state index is 5.38. The molecule has 8 heteroatoms. The molecule has 0 saturated heterocycles. The highest BCUT2D eigenvalue weighted by Gasteiger charge is 2.13. The van der Waals surface area contributed by atoms with Crippen LogP contribution in [0.25, 0.3) is 5.69 Å². The molecule has 0 bridgehead atoms. The van der Waals surface area contributed by atoms with E-state index in [2.05, 4.69) is 31.5 Å². The Morgan fingerprint density at radius 1 is 1.08 bits per heavy atom. The summed E-state index contributed by atoms with van der Waals surface area (Å²) in [7, 11) is 3.28. The first-order valence-electron chi connectivity index (χ1n) is 7.10. The third-order valence-corrected chi connectivity index (χ3v) is 4.95. The third-order valence-electron chi connectivity index (χ3n) is 3.34. The van der Waals surface area contributed by atoms with E-state index in [1.165, 1.54) is 0 Å². The zero-order valence-electron chi connectivity index (χ0n) is 13.1. The van der Waals surface area contributed by atoms with Crippen LogP contribution in [0.2, 0.25) is 0 Å². The Labute approximate surface area is 152 Å². The minimum atomic E-state index is 0.700. The Bertz CT molecular complexity index is 840. The fourth-order valence-electron chi connectivity index (χ4n) is 2.17. The first kappa shape index (κ1) is 16.8. The summed E-state index contributed by atoms with van der Waals surface area (Å²) >= 11 is 5.05. The van der Waals surface area contributed by atoms with Crippen LogP contribution in [0.15, 0.2) is 52.1 Å². The molecule has 0 N–H and O–H groups in total. The van der Waals surface area contributed by atoms with Gasteiger partial charge in [0, 0.05) is 5.75 Å². The van der Waals surface area contributed by atoms with Gasteiger partial charge in [0.15, 0.2) is 0 Å². The van der Waals surface area contributed by atoms with Crippen molar-refractivity contribution in [2.45, 2.75) is 10.9 Å². The molecule has 1 aromatic heterocycles. The van der Waals surface area contributed by atoms with E-state index in [1.807, 2.05) is 42.5 Å². The predicted molar refractivity (Wildman–Crippen MR) is 96.0 cm³/mol. The highest BCUT2D eigenvalue weighted by molar-refractivity contribution is 9.10. The van der Waals surface area contributed by atoms with Crippen molar-refractivity contribution < 1.29 is 9.47 Å². The Kier molecular flexibility index (Phi) is 5.37. The van der Waals surface area contributed by atoms with E-state index in [4.69, 9.17) is 9.47 Å². The molecule has 0 fully saturated rings. The minimum absolute atomic E-state index is 0.700. The zero-order chi connectivity index (χ0) is 16.9. The van der Waals surface area contributed by atoms with Gasteiger partial charge in [0.1, 0.15) is 17.2 Å². The van der Waals surface area contributed by atoms with E-state index in [0.717, 1.165) is 33.0 Å². The van der Waals surface area contributed by atoms with Crippen molar-refractivity contribution in [3.63, 3.8) is 0 Å². The van der Waals surface area contributed by atoms with Crippen molar-refractivity contribution in [2.24, 2.45) is 0 Å². The highest BCUT2D eigenvalue weighted by Crippen LogP contribution is 2.30. The van der Waals surface area contributed by atoms with E-state index in [1.54, 1.807) is 30.7 Å². The van der Waals surface area contributed by atoms with Gasteiger partial charge in [-0.2, -0.15) is 4.68 Å². The largest absolute Gasteiger partial charge is 0.496 e. The number of tetrazole rings is 1. The zero-order valence-corrected chi connectivity index (χ0v) is 15.5. The van der Waals surface area contributed by atoms with Crippen molar-refractivity contribution in [1.29, 1.82) is 0 Å². The fraction of sp³-hybridized carbons (Fsp3) is 0.188. The molecule has 2 aromatic carbocycles. The number of rotatable bonds is 6. The van der Waals surface area contributed by atoms with Crippen molar-refractivity contribution in [1.82, 2.24) is 20.2 Å². The van der Waals surface area contributed by atoms with Crippen molar-refractivity contribution in [3.05, 3.63) is 52.5 Å². The molecule has 3 aromatic rings. The second kappa shape index (κ2) is 7.67. The van der Waals surface area contributed by atoms with Crippen LogP contribution in [0, 0.1) is 0 Å². The van der Waals surface area contributed by atoms with Crippen molar-refractivity contribution in [2.75, 3.05) is 14.2 Å². The molecule has 1 heterocycles. The number of nitrogens with zero attached hydrogens (tertiary/aromatic N) is 4. The molecule has 0 unspecified atom stereocenters. The van der Waals surface area contributed by atoms with E-state index < -0.39 is 0 Å². The second-order valence-electron chi connectivity index (χ2n) is 4.80. The summed E-state index contributed by atoms with van der Waals surface area (Å²) in [5.74, 6) is 2.26. The van der Waals surface area contributed by atoms with E-state index in [9.17, 15) is 0 Å². The molecular weight excluding hydrogens is 392 g/mol. The molecule has 0 aliphatic heterocycles. The summed E-state index contributed by atoms with van der Waals surface area (Å²) in [5.41, 5.74) is 1.95. The number of halogens is 1. The smallest absolute Gasteiger partial charge is 0.214 e. The third kappa shape index (κ3) is 3.54. The highest BCUT2D eigenvalue weighted by atomic mass is 79.9. The Hall–Kier alpha value is -2.06. The van der Waals surface area contributed by atoms with Crippen molar-refractivity contribution >= 4 is 27.7 Å². The Morgan fingerprint density at radius 3 is 2.62 bits per heavy atom. The lowest BCUT2D eigenvalue weighted by molar-refractivity contribution is 0.410. The number of benzene rings is 2. The van der Waals surface area contributed by atoms with Crippen LogP contribution in [-0.4, -0.2) is 34.4 Å². The normalized spacial score (nSPS) is 10.6. The van der Waals surface area contributed by atoms with Gasteiger partial charge in [-0.15, -0.1) is 5.10 Å². The van der Waals surface area contributed by atoms with Gasteiger partial charge in [0.25, 0.3) is 0 Å². The van der Waals surface area contributed by atoms with Crippen LogP contribution >= 0.6 is 27.7 Å². The molecule has 0 aliphatic rings. The standard InChI is InChI=1S/C16H15BrN4O2S/c1-22-14-8-7-11(9-12(14)17)10-24-16-18-19-20-21(16)13-5-3-4-6-15(13)23-2/h3-9H,10H2,1-2H3. The number of hydrogen-bond donors (Lipinski definition) is 0. The van der Waals surface area contributed by atoms with Gasteiger partial charge in [0.05, 0.1) is 18.7 Å². The average molecular weight is 407 g/mol. The molecule has 0 aliphatic carbocycles. The molecule has 0 spiro atoms. The number of thioether (sulfide) groups is 1. The molecule has 0 saturated carbocycles. The SMILES string of the molecule is COc1ccc(CSc2nnnn2-c2ccccc2OC)cc1Br. The Balaban J connectivity index is 1.80. The molecule has 0 atom stereocenters. The van der Waals surface area contributed by atoms with Gasteiger partial charge in [0.2, 0.25) is 5.16 Å². The van der Waals surface area contributed by atoms with Crippen LogP contribution < -0.4 is 9.47 Å². The average Bonchev–Trinajstić information content (AvgIpc) is 3.08. The summed E-state index contributed by atoms with van der Waals surface area (Å²) < 4.78 is 13.2. The van der Waals surface area contributed by atoms with Crippen LogP contribution in [0.3, 0.4) is 0 Å². The number of ether oxygens (including phenoxy) is 2. The topological polar surface area (TPSA) is 62.1 Å². The summed E-state index contributed by atoms with van der Waals surface area (Å²) in [6.07, 6.45) is 0. The van der Waals surface area contributed by atoms with E-state index >= 15 is 0 Å². The molecule has 6 nitrogen and oxygen atoms in total. The lowest BCUT2D eigenvalue weighted by atomic mass is 10.2. The van der Waals surface area contributed by atoms with Gasteiger partial charge >= 0.3 is 0 Å². The lowest BCUT2D eigenvalue weighted by Crippen LogP contribution is -2.01. The lowest BCUT2D eigenvalue weighted by Gasteiger charge is -2.09.